The average Bonchev–Trinajstić information content (AvgIpc) is 2.60. The van der Waals surface area contributed by atoms with Gasteiger partial charge < -0.3 is 26.0 Å². The van der Waals surface area contributed by atoms with Gasteiger partial charge in [-0.25, -0.2) is 9.18 Å². The second-order valence-corrected chi connectivity index (χ2v) is 5.56. The van der Waals surface area contributed by atoms with E-state index >= 15 is 0 Å². The number of aliphatic hydroxyl groups is 1. The molecule has 2 aromatic rings. The van der Waals surface area contributed by atoms with Crippen LogP contribution >= 0.6 is 0 Å². The van der Waals surface area contributed by atoms with Crippen LogP contribution in [-0.2, 0) is 11.2 Å². The first-order valence-electron chi connectivity index (χ1n) is 7.57. The van der Waals surface area contributed by atoms with E-state index in [1.54, 1.807) is 19.2 Å². The number of pyridine rings is 1. The third-order valence-corrected chi connectivity index (χ3v) is 3.78. The number of ether oxygens (including phenoxy) is 1. The van der Waals surface area contributed by atoms with E-state index in [1.165, 1.54) is 30.5 Å². The van der Waals surface area contributed by atoms with Gasteiger partial charge in [-0.3, -0.25) is 4.98 Å². The maximum atomic E-state index is 12.9. The van der Waals surface area contributed by atoms with E-state index in [-0.39, 0.29) is 13.0 Å². The first-order valence-corrected chi connectivity index (χ1v) is 7.57. The Kier molecular flexibility index (Phi) is 5.89. The van der Waals surface area contributed by atoms with Crippen molar-refractivity contribution in [1.29, 1.82) is 0 Å². The number of halogens is 1. The molecular weight excluding hydrogens is 329 g/mol. The number of benzene rings is 1. The lowest BCUT2D eigenvalue weighted by Crippen LogP contribution is -2.58. The largest absolute Gasteiger partial charge is 0.492 e. The zero-order valence-corrected chi connectivity index (χ0v) is 13.6. The molecule has 1 aromatic heterocycles. The molecule has 0 aliphatic rings. The Labute approximate surface area is 144 Å². The number of carbonyl (C=O) groups is 1. The standard InChI is InChI=1S/C17H20FN3O4/c1-20-12-6-7-21-13(8-12)9-17(24,16(22)23)15(19)10-25-14-4-2-11(18)3-5-14/h2-8,15,24H,9-10,19H2,1H3,(H,20,21)(H,22,23)/t15-,17+/m0/s1. The Morgan fingerprint density at radius 1 is 1.40 bits per heavy atom. The van der Waals surface area contributed by atoms with Gasteiger partial charge in [-0.15, -0.1) is 0 Å². The fraction of sp³-hybridized carbons (Fsp3) is 0.294. The molecule has 1 heterocycles. The monoisotopic (exact) mass is 349 g/mol. The highest BCUT2D eigenvalue weighted by Crippen LogP contribution is 2.20. The van der Waals surface area contributed by atoms with Crippen LogP contribution in [0.2, 0.25) is 0 Å². The van der Waals surface area contributed by atoms with Gasteiger partial charge in [0.05, 0.1) is 6.04 Å². The molecule has 1 aromatic carbocycles. The van der Waals surface area contributed by atoms with Crippen LogP contribution in [-0.4, -0.2) is 46.5 Å². The number of aliphatic carboxylic acids is 1. The SMILES string of the molecule is CNc1ccnc(C[C@](O)(C(=O)O)[C@@H](N)COc2ccc(F)cc2)c1. The van der Waals surface area contributed by atoms with E-state index in [0.717, 1.165) is 5.69 Å². The lowest BCUT2D eigenvalue weighted by molar-refractivity contribution is -0.161. The lowest BCUT2D eigenvalue weighted by Gasteiger charge is -2.29. The molecule has 7 nitrogen and oxygen atoms in total. The zero-order chi connectivity index (χ0) is 18.4. The van der Waals surface area contributed by atoms with Crippen LogP contribution in [0.1, 0.15) is 5.69 Å². The van der Waals surface area contributed by atoms with Gasteiger partial charge in [0.25, 0.3) is 0 Å². The molecule has 0 saturated carbocycles. The molecule has 0 radical (unpaired) electrons. The van der Waals surface area contributed by atoms with Crippen molar-refractivity contribution in [3.63, 3.8) is 0 Å². The Hall–Kier alpha value is -2.71. The number of rotatable bonds is 8. The van der Waals surface area contributed by atoms with Gasteiger partial charge in [0.2, 0.25) is 0 Å². The summed E-state index contributed by atoms with van der Waals surface area (Å²) in [6.45, 7) is -0.264. The summed E-state index contributed by atoms with van der Waals surface area (Å²) in [5, 5.41) is 22.9. The number of nitrogens with one attached hydrogen (secondary N) is 1. The lowest BCUT2D eigenvalue weighted by atomic mass is 9.89. The van der Waals surface area contributed by atoms with Crippen LogP contribution < -0.4 is 15.8 Å². The summed E-state index contributed by atoms with van der Waals surface area (Å²) in [4.78, 5) is 15.7. The van der Waals surface area contributed by atoms with Gasteiger partial charge in [-0.1, -0.05) is 0 Å². The van der Waals surface area contributed by atoms with E-state index in [0.29, 0.717) is 11.4 Å². The van der Waals surface area contributed by atoms with E-state index in [2.05, 4.69) is 10.3 Å². The Balaban J connectivity index is 2.11. The van der Waals surface area contributed by atoms with Crippen molar-refractivity contribution in [2.45, 2.75) is 18.1 Å². The molecule has 0 bridgehead atoms. The minimum absolute atomic E-state index is 0.264. The van der Waals surface area contributed by atoms with Crippen molar-refractivity contribution in [2.24, 2.45) is 5.73 Å². The second-order valence-electron chi connectivity index (χ2n) is 5.56. The highest BCUT2D eigenvalue weighted by molar-refractivity contribution is 5.78. The molecule has 0 spiro atoms. The average molecular weight is 349 g/mol. The summed E-state index contributed by atoms with van der Waals surface area (Å²) in [5.74, 6) is -1.58. The van der Waals surface area contributed by atoms with E-state index < -0.39 is 23.4 Å². The van der Waals surface area contributed by atoms with Gasteiger partial charge in [0.1, 0.15) is 18.2 Å². The Morgan fingerprint density at radius 3 is 2.68 bits per heavy atom. The predicted molar refractivity (Wildman–Crippen MR) is 89.9 cm³/mol. The zero-order valence-electron chi connectivity index (χ0n) is 13.6. The highest BCUT2D eigenvalue weighted by Gasteiger charge is 2.43. The number of aromatic nitrogens is 1. The van der Waals surface area contributed by atoms with Gasteiger partial charge in [-0.2, -0.15) is 0 Å². The molecule has 2 rings (SSSR count). The molecule has 0 fully saturated rings. The summed E-state index contributed by atoms with van der Waals surface area (Å²) < 4.78 is 18.2. The molecule has 0 saturated heterocycles. The van der Waals surface area contributed by atoms with E-state index in [9.17, 15) is 19.4 Å². The number of hydrogen-bond donors (Lipinski definition) is 4. The van der Waals surface area contributed by atoms with Crippen LogP contribution in [0.25, 0.3) is 0 Å². The number of nitrogens with two attached hydrogens (primary N) is 1. The summed E-state index contributed by atoms with van der Waals surface area (Å²) in [6.07, 6.45) is 1.22. The molecule has 2 atom stereocenters. The van der Waals surface area contributed by atoms with Crippen molar-refractivity contribution in [2.75, 3.05) is 19.0 Å². The van der Waals surface area contributed by atoms with Crippen LogP contribution in [0.5, 0.6) is 5.75 Å². The third-order valence-electron chi connectivity index (χ3n) is 3.78. The predicted octanol–water partition coefficient (Wildman–Crippen LogP) is 1.03. The van der Waals surface area contributed by atoms with Crippen LogP contribution in [0, 0.1) is 5.82 Å². The fourth-order valence-electron chi connectivity index (χ4n) is 2.23. The van der Waals surface area contributed by atoms with Crippen molar-refractivity contribution in [1.82, 2.24) is 4.98 Å². The van der Waals surface area contributed by atoms with Gasteiger partial charge in [-0.05, 0) is 36.4 Å². The summed E-state index contributed by atoms with van der Waals surface area (Å²) in [7, 11) is 1.71. The molecular formula is C17H20FN3O4. The van der Waals surface area contributed by atoms with Crippen LogP contribution in [0.15, 0.2) is 42.6 Å². The number of hydrogen-bond acceptors (Lipinski definition) is 6. The summed E-state index contributed by atoms with van der Waals surface area (Å²) in [5.41, 5.74) is 4.71. The Morgan fingerprint density at radius 2 is 2.08 bits per heavy atom. The number of anilines is 1. The third kappa shape index (κ3) is 4.65. The topological polar surface area (TPSA) is 118 Å². The molecule has 0 unspecified atom stereocenters. The van der Waals surface area contributed by atoms with E-state index in [1.807, 2.05) is 0 Å². The maximum absolute atomic E-state index is 12.9. The summed E-state index contributed by atoms with van der Waals surface area (Å²) >= 11 is 0. The van der Waals surface area contributed by atoms with Gasteiger partial charge in [0, 0.05) is 31.0 Å². The minimum atomic E-state index is -2.26. The fourth-order valence-corrected chi connectivity index (χ4v) is 2.23. The number of carboxylic acids is 1. The molecule has 0 aliphatic carbocycles. The molecule has 0 amide bonds. The second kappa shape index (κ2) is 7.91. The normalized spacial score (nSPS) is 14.4. The molecule has 25 heavy (non-hydrogen) atoms. The van der Waals surface area contributed by atoms with Crippen molar-refractivity contribution < 1.29 is 24.1 Å². The maximum Gasteiger partial charge on any atom is 0.337 e. The van der Waals surface area contributed by atoms with Crippen molar-refractivity contribution in [3.8, 4) is 5.75 Å². The first kappa shape index (κ1) is 18.6. The smallest absolute Gasteiger partial charge is 0.337 e. The number of carboxylic acid groups (broad SMARTS) is 1. The number of nitrogens with zero attached hydrogens (tertiary/aromatic N) is 1. The van der Waals surface area contributed by atoms with Crippen molar-refractivity contribution in [3.05, 3.63) is 54.1 Å². The molecule has 134 valence electrons. The quantitative estimate of drug-likeness (QED) is 0.562. The molecule has 5 N–H and O–H groups in total. The van der Waals surface area contributed by atoms with Crippen molar-refractivity contribution >= 4 is 11.7 Å². The first-order chi connectivity index (χ1) is 11.8. The minimum Gasteiger partial charge on any atom is -0.492 e. The van der Waals surface area contributed by atoms with Gasteiger partial charge in [0.15, 0.2) is 5.60 Å². The Bertz CT molecular complexity index is 726. The van der Waals surface area contributed by atoms with Gasteiger partial charge >= 0.3 is 5.97 Å². The molecule has 8 heteroatoms. The highest BCUT2D eigenvalue weighted by atomic mass is 19.1. The van der Waals surface area contributed by atoms with Crippen LogP contribution in [0.4, 0.5) is 10.1 Å². The van der Waals surface area contributed by atoms with Crippen LogP contribution in [0.3, 0.4) is 0 Å². The van der Waals surface area contributed by atoms with E-state index in [4.69, 9.17) is 10.5 Å². The molecule has 0 aliphatic heterocycles. The summed E-state index contributed by atoms with van der Waals surface area (Å²) in [6, 6.07) is 7.30.